The maximum Gasteiger partial charge on any atom is 0.408 e. The number of nitrogens with one attached hydrogen (secondary N) is 2. The molecule has 3 aromatic carbocycles. The summed E-state index contributed by atoms with van der Waals surface area (Å²) in [5, 5.41) is 15.4. The summed E-state index contributed by atoms with van der Waals surface area (Å²) < 4.78 is 5.79. The maximum atomic E-state index is 13.7. The molecule has 2 fully saturated rings. The van der Waals surface area contributed by atoms with Crippen LogP contribution in [0.15, 0.2) is 78.9 Å². The van der Waals surface area contributed by atoms with Crippen molar-refractivity contribution in [2.24, 2.45) is 5.92 Å². The van der Waals surface area contributed by atoms with Crippen molar-refractivity contribution >= 4 is 18.0 Å². The quantitative estimate of drug-likeness (QED) is 0.340. The van der Waals surface area contributed by atoms with Crippen LogP contribution in [-0.2, 0) is 20.9 Å². The summed E-state index contributed by atoms with van der Waals surface area (Å²) in [6.07, 6.45) is 2.03. The second-order valence-electron chi connectivity index (χ2n) is 11.5. The summed E-state index contributed by atoms with van der Waals surface area (Å²) in [7, 11) is 0. The van der Waals surface area contributed by atoms with Crippen LogP contribution in [-0.4, -0.2) is 59.3 Å². The normalized spacial score (nSPS) is 20.6. The maximum absolute atomic E-state index is 13.7. The fraction of sp³-hybridized carbons (Fsp3) is 0.364. The highest BCUT2D eigenvalue weighted by atomic mass is 16.5. The molecule has 8 heteroatoms. The van der Waals surface area contributed by atoms with E-state index in [2.05, 4.69) is 39.8 Å². The number of alkyl carbamates (subject to hydrolysis) is 1. The van der Waals surface area contributed by atoms with Crippen molar-refractivity contribution in [2.45, 2.75) is 49.7 Å². The van der Waals surface area contributed by atoms with E-state index in [0.29, 0.717) is 31.8 Å². The summed E-state index contributed by atoms with van der Waals surface area (Å²) >= 11 is 0. The number of hydrogen-bond acceptors (Lipinski definition) is 5. The third kappa shape index (κ3) is 5.84. The molecule has 0 spiro atoms. The molecule has 2 atom stereocenters. The number of amides is 2. The van der Waals surface area contributed by atoms with Crippen molar-refractivity contribution in [2.75, 3.05) is 19.7 Å². The minimum atomic E-state index is -1.30. The van der Waals surface area contributed by atoms with Gasteiger partial charge in [0, 0.05) is 25.6 Å². The lowest BCUT2D eigenvalue weighted by Crippen LogP contribution is -2.62. The summed E-state index contributed by atoms with van der Waals surface area (Å²) in [6.45, 7) is 1.58. The van der Waals surface area contributed by atoms with E-state index in [9.17, 15) is 19.5 Å². The van der Waals surface area contributed by atoms with E-state index in [0.717, 1.165) is 40.7 Å². The highest BCUT2D eigenvalue weighted by Gasteiger charge is 2.48. The lowest BCUT2D eigenvalue weighted by molar-refractivity contribution is -0.143. The highest BCUT2D eigenvalue weighted by Crippen LogP contribution is 2.44. The lowest BCUT2D eigenvalue weighted by atomic mass is 9.96. The molecule has 1 saturated heterocycles. The molecule has 212 valence electrons. The van der Waals surface area contributed by atoms with Gasteiger partial charge in [0.15, 0.2) is 0 Å². The number of carbonyl (C=O) groups excluding carboxylic acids is 2. The largest absolute Gasteiger partial charge is 0.480 e. The first-order valence-electron chi connectivity index (χ1n) is 14.3. The highest BCUT2D eigenvalue weighted by molar-refractivity contribution is 5.93. The third-order valence-electron chi connectivity index (χ3n) is 8.59. The summed E-state index contributed by atoms with van der Waals surface area (Å²) in [5.41, 5.74) is 4.28. The Morgan fingerprint density at radius 1 is 0.927 bits per heavy atom. The van der Waals surface area contributed by atoms with Crippen molar-refractivity contribution in [1.29, 1.82) is 0 Å². The molecule has 2 unspecified atom stereocenters. The first kappa shape index (κ1) is 27.0. The van der Waals surface area contributed by atoms with Crippen LogP contribution < -0.4 is 10.6 Å². The van der Waals surface area contributed by atoms with Gasteiger partial charge in [-0.05, 0) is 46.6 Å². The second-order valence-corrected chi connectivity index (χ2v) is 11.5. The van der Waals surface area contributed by atoms with Crippen molar-refractivity contribution in [1.82, 2.24) is 15.5 Å². The Morgan fingerprint density at radius 2 is 1.56 bits per heavy atom. The Bertz CT molecular complexity index is 1390. The first-order valence-corrected chi connectivity index (χ1v) is 14.3. The van der Waals surface area contributed by atoms with Gasteiger partial charge in [0.25, 0.3) is 0 Å². The van der Waals surface area contributed by atoms with E-state index < -0.39 is 29.6 Å². The van der Waals surface area contributed by atoms with Crippen LogP contribution in [0.5, 0.6) is 0 Å². The molecule has 0 radical (unpaired) electrons. The molecule has 3 aromatic rings. The molecule has 41 heavy (non-hydrogen) atoms. The molecule has 1 aliphatic heterocycles. The van der Waals surface area contributed by atoms with Crippen LogP contribution >= 0.6 is 0 Å². The molecule has 1 saturated carbocycles. The lowest BCUT2D eigenvalue weighted by Gasteiger charge is -2.31. The molecule has 3 N–H and O–H groups in total. The minimum Gasteiger partial charge on any atom is -0.480 e. The molecular weight excluding hydrogens is 518 g/mol. The van der Waals surface area contributed by atoms with Crippen molar-refractivity contribution in [3.8, 4) is 11.1 Å². The van der Waals surface area contributed by atoms with Gasteiger partial charge in [-0.1, -0.05) is 91.7 Å². The zero-order valence-electron chi connectivity index (χ0n) is 22.9. The van der Waals surface area contributed by atoms with Gasteiger partial charge in [0.1, 0.15) is 18.2 Å². The van der Waals surface area contributed by atoms with E-state index in [-0.39, 0.29) is 19.1 Å². The molecule has 0 aromatic heterocycles. The molecular formula is C33H35N3O5. The van der Waals surface area contributed by atoms with Crippen molar-refractivity contribution in [3.05, 3.63) is 95.6 Å². The number of carboxylic acid groups (broad SMARTS) is 1. The molecule has 8 nitrogen and oxygen atoms in total. The number of aliphatic carboxylic acids is 1. The standard InChI is InChI=1S/C33H35N3O5/c37-30(38)29(18-22-14-15-22)34-31(39)33(16-17-36(21-33)19-23-8-2-1-3-9-23)35-32(40)41-20-28-26-12-6-4-10-24(26)25-11-5-7-13-27(25)28/h1-13,22,28-29H,14-21H2,(H,34,39)(H,35,40)(H,37,38). The molecule has 6 rings (SSSR count). The van der Waals surface area contributed by atoms with Crippen LogP contribution in [0.25, 0.3) is 11.1 Å². The number of hydrogen-bond donors (Lipinski definition) is 3. The van der Waals surface area contributed by atoms with Gasteiger partial charge >= 0.3 is 12.1 Å². The number of benzene rings is 3. The second kappa shape index (κ2) is 11.4. The number of rotatable bonds is 10. The molecule has 1 heterocycles. The topological polar surface area (TPSA) is 108 Å². The Kier molecular flexibility index (Phi) is 7.49. The SMILES string of the molecule is O=C(NC1(C(=O)NC(CC2CC2)C(=O)O)CCN(Cc2ccccc2)C1)OCC1c2ccccc2-c2ccccc21. The van der Waals surface area contributed by atoms with Crippen LogP contribution in [0.4, 0.5) is 4.79 Å². The van der Waals surface area contributed by atoms with Gasteiger partial charge in [-0.3, -0.25) is 9.69 Å². The van der Waals surface area contributed by atoms with Gasteiger partial charge in [-0.15, -0.1) is 0 Å². The number of carboxylic acids is 1. The van der Waals surface area contributed by atoms with Crippen LogP contribution in [0.2, 0.25) is 0 Å². The fourth-order valence-electron chi connectivity index (χ4n) is 6.24. The summed E-state index contributed by atoms with van der Waals surface area (Å²) in [4.78, 5) is 41.1. The number of ether oxygens (including phenoxy) is 1. The number of fused-ring (bicyclic) bond motifs is 3. The predicted octanol–water partition coefficient (Wildman–Crippen LogP) is 4.54. The molecule has 0 bridgehead atoms. The van der Waals surface area contributed by atoms with Gasteiger partial charge in [-0.2, -0.15) is 0 Å². The van der Waals surface area contributed by atoms with Crippen molar-refractivity contribution in [3.63, 3.8) is 0 Å². The monoisotopic (exact) mass is 553 g/mol. The van der Waals surface area contributed by atoms with Crippen LogP contribution in [0.1, 0.15) is 48.3 Å². The number of carbonyl (C=O) groups is 3. The average molecular weight is 554 g/mol. The van der Waals surface area contributed by atoms with Crippen LogP contribution in [0, 0.1) is 5.92 Å². The van der Waals surface area contributed by atoms with Gasteiger partial charge in [-0.25, -0.2) is 9.59 Å². The van der Waals surface area contributed by atoms with E-state index >= 15 is 0 Å². The Morgan fingerprint density at radius 3 is 2.20 bits per heavy atom. The summed E-state index contributed by atoms with van der Waals surface area (Å²) in [5.74, 6) is -1.32. The Balaban J connectivity index is 1.17. The zero-order chi connectivity index (χ0) is 28.4. The Labute approximate surface area is 239 Å². The van der Waals surface area contributed by atoms with E-state index in [1.807, 2.05) is 54.6 Å². The average Bonchev–Trinajstić information content (AvgIpc) is 3.62. The summed E-state index contributed by atoms with van der Waals surface area (Å²) in [6, 6.07) is 25.2. The first-order chi connectivity index (χ1) is 19.9. The number of nitrogens with zero attached hydrogens (tertiary/aromatic N) is 1. The van der Waals surface area contributed by atoms with Gasteiger partial charge in [0.2, 0.25) is 5.91 Å². The van der Waals surface area contributed by atoms with Gasteiger partial charge in [0.05, 0.1) is 0 Å². The van der Waals surface area contributed by atoms with E-state index in [1.165, 1.54) is 0 Å². The fourth-order valence-corrected chi connectivity index (χ4v) is 6.24. The molecule has 2 aliphatic carbocycles. The number of likely N-dealkylation sites (tertiary alicyclic amines) is 1. The third-order valence-corrected chi connectivity index (χ3v) is 8.59. The van der Waals surface area contributed by atoms with Crippen LogP contribution in [0.3, 0.4) is 0 Å². The molecule has 3 aliphatic rings. The zero-order valence-corrected chi connectivity index (χ0v) is 22.9. The van der Waals surface area contributed by atoms with Crippen molar-refractivity contribution < 1.29 is 24.2 Å². The molecule has 2 amide bonds. The van der Waals surface area contributed by atoms with Gasteiger partial charge < -0.3 is 20.5 Å². The minimum absolute atomic E-state index is 0.106. The van der Waals surface area contributed by atoms with E-state index in [1.54, 1.807) is 0 Å². The Hall–Kier alpha value is -4.17. The predicted molar refractivity (Wildman–Crippen MR) is 154 cm³/mol. The van der Waals surface area contributed by atoms with E-state index in [4.69, 9.17) is 4.74 Å². The smallest absolute Gasteiger partial charge is 0.408 e.